The molecule has 0 saturated heterocycles. The normalized spacial score (nSPS) is 11.3. The first-order valence-corrected chi connectivity index (χ1v) is 6.51. The number of carboxylic acid groups (broad SMARTS) is 1. The number of benzene rings is 2. The molecule has 22 heavy (non-hydrogen) atoms. The summed E-state index contributed by atoms with van der Waals surface area (Å²) in [6.07, 6.45) is -4.59. The summed E-state index contributed by atoms with van der Waals surface area (Å²) in [7, 11) is 0. The second kappa shape index (κ2) is 6.06. The molecule has 0 heterocycles. The van der Waals surface area contributed by atoms with Crippen molar-refractivity contribution in [2.75, 3.05) is 0 Å². The molecule has 0 aliphatic heterocycles. The molecule has 0 aromatic heterocycles. The van der Waals surface area contributed by atoms with E-state index in [2.05, 4.69) is 0 Å². The fraction of sp³-hybridized carbons (Fsp3) is 0.0714. The average Bonchev–Trinajstić information content (AvgIpc) is 2.42. The van der Waals surface area contributed by atoms with Gasteiger partial charge in [0.25, 0.3) is 0 Å². The Balaban J connectivity index is 2.38. The Hall–Kier alpha value is -1.92. The van der Waals surface area contributed by atoms with Gasteiger partial charge in [-0.1, -0.05) is 29.3 Å². The van der Waals surface area contributed by atoms with Crippen molar-refractivity contribution in [2.45, 2.75) is 6.18 Å². The first-order valence-electron chi connectivity index (χ1n) is 5.76. The van der Waals surface area contributed by atoms with Crippen LogP contribution >= 0.6 is 23.2 Å². The number of aromatic carboxylic acids is 1. The van der Waals surface area contributed by atoms with Crippen molar-refractivity contribution in [3.8, 4) is 11.5 Å². The molecule has 0 aliphatic carbocycles. The van der Waals surface area contributed by atoms with E-state index in [-0.39, 0.29) is 27.1 Å². The fourth-order valence-electron chi connectivity index (χ4n) is 1.63. The quantitative estimate of drug-likeness (QED) is 0.794. The number of hydrogen-bond acceptors (Lipinski definition) is 2. The molecule has 2 aromatic rings. The smallest absolute Gasteiger partial charge is 0.416 e. The van der Waals surface area contributed by atoms with Crippen molar-refractivity contribution in [1.29, 1.82) is 0 Å². The lowest BCUT2D eigenvalue weighted by Crippen LogP contribution is -2.05. The first-order chi connectivity index (χ1) is 10.2. The molecule has 0 unspecified atom stereocenters. The molecule has 0 spiro atoms. The molecule has 3 nitrogen and oxygen atoms in total. The summed E-state index contributed by atoms with van der Waals surface area (Å²) >= 11 is 11.5. The van der Waals surface area contributed by atoms with Crippen LogP contribution in [-0.4, -0.2) is 11.1 Å². The van der Waals surface area contributed by atoms with Gasteiger partial charge in [-0.25, -0.2) is 4.79 Å². The zero-order valence-electron chi connectivity index (χ0n) is 10.6. The van der Waals surface area contributed by atoms with E-state index in [1.165, 1.54) is 24.3 Å². The molecule has 0 bridgehead atoms. The molecule has 0 aliphatic rings. The van der Waals surface area contributed by atoms with Crippen molar-refractivity contribution in [3.63, 3.8) is 0 Å². The Morgan fingerprint density at radius 2 is 1.68 bits per heavy atom. The highest BCUT2D eigenvalue weighted by molar-refractivity contribution is 6.37. The van der Waals surface area contributed by atoms with Gasteiger partial charge in [0.1, 0.15) is 5.75 Å². The lowest BCUT2D eigenvalue weighted by molar-refractivity contribution is -0.137. The Kier molecular flexibility index (Phi) is 4.53. The Morgan fingerprint density at radius 1 is 1.09 bits per heavy atom. The van der Waals surface area contributed by atoms with Gasteiger partial charge in [-0.3, -0.25) is 0 Å². The summed E-state index contributed by atoms with van der Waals surface area (Å²) in [6, 6.07) is 6.76. The highest BCUT2D eigenvalue weighted by Gasteiger charge is 2.32. The second-order valence-electron chi connectivity index (χ2n) is 4.20. The third-order valence-electron chi connectivity index (χ3n) is 2.63. The van der Waals surface area contributed by atoms with Gasteiger partial charge in [0, 0.05) is 0 Å². The number of rotatable bonds is 3. The molecular formula is C14H7Cl2F3O3. The highest BCUT2D eigenvalue weighted by Crippen LogP contribution is 2.41. The van der Waals surface area contributed by atoms with Crippen LogP contribution in [0.5, 0.6) is 11.5 Å². The third-order valence-corrected chi connectivity index (χ3v) is 3.19. The van der Waals surface area contributed by atoms with Crippen LogP contribution in [0.25, 0.3) is 0 Å². The minimum Gasteiger partial charge on any atom is -0.478 e. The maximum atomic E-state index is 12.6. The summed E-state index contributed by atoms with van der Waals surface area (Å²) in [5.41, 5.74) is -1.05. The summed E-state index contributed by atoms with van der Waals surface area (Å²) in [5.74, 6) is -1.27. The van der Waals surface area contributed by atoms with E-state index in [4.69, 9.17) is 33.0 Å². The van der Waals surface area contributed by atoms with E-state index in [0.29, 0.717) is 12.1 Å². The summed E-state index contributed by atoms with van der Waals surface area (Å²) in [5, 5.41) is 8.21. The van der Waals surface area contributed by atoms with Crippen molar-refractivity contribution in [2.24, 2.45) is 0 Å². The predicted molar refractivity (Wildman–Crippen MR) is 74.9 cm³/mol. The number of carboxylic acids is 1. The van der Waals surface area contributed by atoms with Crippen LogP contribution < -0.4 is 4.74 Å². The first kappa shape index (κ1) is 16.5. The average molecular weight is 351 g/mol. The Morgan fingerprint density at radius 3 is 2.18 bits per heavy atom. The molecule has 0 fully saturated rings. The molecule has 1 N–H and O–H groups in total. The lowest BCUT2D eigenvalue weighted by Gasteiger charge is -2.13. The standard InChI is InChI=1S/C14H7Cl2F3O3/c15-10-5-8(14(17,18)19)6-11(16)12(10)22-9-3-1-2-7(4-9)13(20)21/h1-6H,(H,20,21). The second-order valence-corrected chi connectivity index (χ2v) is 5.02. The van der Waals surface area contributed by atoms with Gasteiger partial charge in [-0.2, -0.15) is 13.2 Å². The van der Waals surface area contributed by atoms with E-state index < -0.39 is 17.7 Å². The van der Waals surface area contributed by atoms with Crippen LogP contribution in [0.1, 0.15) is 15.9 Å². The predicted octanol–water partition coefficient (Wildman–Crippen LogP) is 5.50. The monoisotopic (exact) mass is 350 g/mol. The van der Waals surface area contributed by atoms with E-state index in [1.807, 2.05) is 0 Å². The SMILES string of the molecule is O=C(O)c1cccc(Oc2c(Cl)cc(C(F)(F)F)cc2Cl)c1. The molecule has 0 amide bonds. The minimum atomic E-state index is -4.59. The zero-order chi connectivity index (χ0) is 16.5. The van der Waals surface area contributed by atoms with Gasteiger partial charge in [-0.15, -0.1) is 0 Å². The summed E-state index contributed by atoms with van der Waals surface area (Å²) < 4.78 is 43.2. The van der Waals surface area contributed by atoms with Crippen LogP contribution in [0.3, 0.4) is 0 Å². The summed E-state index contributed by atoms with van der Waals surface area (Å²) in [4.78, 5) is 10.9. The minimum absolute atomic E-state index is 0.0448. The third kappa shape index (κ3) is 3.64. The van der Waals surface area contributed by atoms with E-state index in [0.717, 1.165) is 0 Å². The zero-order valence-corrected chi connectivity index (χ0v) is 12.1. The van der Waals surface area contributed by atoms with Crippen LogP contribution in [-0.2, 0) is 6.18 Å². The van der Waals surface area contributed by atoms with Crippen molar-refractivity contribution in [1.82, 2.24) is 0 Å². The number of carbonyl (C=O) groups is 1. The van der Waals surface area contributed by atoms with Gasteiger partial charge in [-0.05, 0) is 30.3 Å². The highest BCUT2D eigenvalue weighted by atomic mass is 35.5. The number of ether oxygens (including phenoxy) is 1. The fourth-order valence-corrected chi connectivity index (χ4v) is 2.20. The van der Waals surface area contributed by atoms with E-state index in [9.17, 15) is 18.0 Å². The van der Waals surface area contributed by atoms with Crippen LogP contribution in [0.2, 0.25) is 10.0 Å². The molecule has 0 saturated carbocycles. The maximum Gasteiger partial charge on any atom is 0.416 e. The van der Waals surface area contributed by atoms with Crippen LogP contribution in [0, 0.1) is 0 Å². The molecular weight excluding hydrogens is 344 g/mol. The van der Waals surface area contributed by atoms with Crippen molar-refractivity contribution in [3.05, 3.63) is 57.6 Å². The van der Waals surface area contributed by atoms with Gasteiger partial charge < -0.3 is 9.84 Å². The van der Waals surface area contributed by atoms with Gasteiger partial charge in [0.05, 0.1) is 21.2 Å². The van der Waals surface area contributed by atoms with E-state index in [1.54, 1.807) is 0 Å². The molecule has 116 valence electrons. The Bertz CT molecular complexity index is 707. The molecule has 0 radical (unpaired) electrons. The molecule has 0 atom stereocenters. The number of halogens is 5. The van der Waals surface area contributed by atoms with E-state index >= 15 is 0 Å². The van der Waals surface area contributed by atoms with Crippen molar-refractivity contribution < 1.29 is 27.8 Å². The maximum absolute atomic E-state index is 12.6. The number of alkyl halides is 3. The van der Waals surface area contributed by atoms with Gasteiger partial charge in [0.2, 0.25) is 0 Å². The lowest BCUT2D eigenvalue weighted by atomic mass is 10.2. The van der Waals surface area contributed by atoms with Crippen LogP contribution in [0.4, 0.5) is 13.2 Å². The van der Waals surface area contributed by atoms with Gasteiger partial charge >= 0.3 is 12.1 Å². The molecule has 2 aromatic carbocycles. The van der Waals surface area contributed by atoms with Gasteiger partial charge in [0.15, 0.2) is 5.75 Å². The molecule has 2 rings (SSSR count). The largest absolute Gasteiger partial charge is 0.478 e. The molecule has 8 heteroatoms. The summed E-state index contributed by atoms with van der Waals surface area (Å²) in [6.45, 7) is 0. The number of hydrogen-bond donors (Lipinski definition) is 1. The Labute approximate surface area is 132 Å². The van der Waals surface area contributed by atoms with Crippen LogP contribution in [0.15, 0.2) is 36.4 Å². The topological polar surface area (TPSA) is 46.5 Å². The van der Waals surface area contributed by atoms with Crippen molar-refractivity contribution >= 4 is 29.2 Å².